The molecule has 0 spiro atoms. The number of unbranched alkanes of at least 4 members (excludes halogenated alkanes) is 37. The van der Waals surface area contributed by atoms with Crippen LogP contribution in [0.5, 0.6) is 0 Å². The smallest absolute Gasteiger partial charge is 0.0786 e. The molecule has 0 aromatic carbocycles. The van der Waals surface area contributed by atoms with Crippen LogP contribution in [0.4, 0.5) is 0 Å². The van der Waals surface area contributed by atoms with Gasteiger partial charge in [0.2, 0.25) is 0 Å². The number of hydrogen-bond donors (Lipinski definition) is 0. The predicted octanol–water partition coefficient (Wildman–Crippen LogP) is 17.9. The Morgan fingerprint density at radius 1 is 0.160 bits per heavy atom. The van der Waals surface area contributed by atoms with E-state index in [4.69, 9.17) is 0 Å². The molecule has 0 bridgehead atoms. The van der Waals surface area contributed by atoms with Gasteiger partial charge in [-0.25, -0.2) is 0 Å². The standard InChI is InChI=1S/C49H102N/c1-5-9-13-17-21-25-26-27-28-29-33-37-41-45-49-50(46-42-38-34-30-22-18-14-10-6-2,47-43-39-35-31-23-19-15-11-7-3)48-44-40-36-32-24-20-16-12-8-4/h5-49H2,1-4H3/q+1. The van der Waals surface area contributed by atoms with Gasteiger partial charge in [-0.3, -0.25) is 0 Å². The number of rotatable bonds is 45. The van der Waals surface area contributed by atoms with E-state index in [0.29, 0.717) is 0 Å². The van der Waals surface area contributed by atoms with Crippen LogP contribution < -0.4 is 0 Å². The first-order valence-electron chi connectivity index (χ1n) is 24.6. The number of quaternary nitrogens is 1. The van der Waals surface area contributed by atoms with E-state index < -0.39 is 0 Å². The van der Waals surface area contributed by atoms with Crippen LogP contribution in [0.15, 0.2) is 0 Å². The van der Waals surface area contributed by atoms with E-state index in [2.05, 4.69) is 27.7 Å². The van der Waals surface area contributed by atoms with E-state index >= 15 is 0 Å². The fourth-order valence-corrected chi connectivity index (χ4v) is 8.59. The van der Waals surface area contributed by atoms with Crippen LogP contribution in [0, 0.1) is 0 Å². The Labute approximate surface area is 320 Å². The summed E-state index contributed by atoms with van der Waals surface area (Å²) in [6, 6.07) is 0. The van der Waals surface area contributed by atoms with Crippen molar-refractivity contribution in [3.8, 4) is 0 Å². The van der Waals surface area contributed by atoms with E-state index in [0.717, 1.165) is 0 Å². The van der Waals surface area contributed by atoms with Gasteiger partial charge in [0.15, 0.2) is 0 Å². The Hall–Kier alpha value is -0.0400. The van der Waals surface area contributed by atoms with E-state index in [1.807, 2.05) is 0 Å². The third kappa shape index (κ3) is 37.7. The molecule has 50 heavy (non-hydrogen) atoms. The third-order valence-electron chi connectivity index (χ3n) is 12.2. The predicted molar refractivity (Wildman–Crippen MR) is 232 cm³/mol. The molecule has 0 atom stereocenters. The van der Waals surface area contributed by atoms with Crippen molar-refractivity contribution in [3.63, 3.8) is 0 Å². The van der Waals surface area contributed by atoms with Crippen molar-refractivity contribution in [2.75, 3.05) is 26.2 Å². The number of hydrogen-bond acceptors (Lipinski definition) is 0. The Balaban J connectivity index is 4.79. The third-order valence-corrected chi connectivity index (χ3v) is 12.2. The second-order valence-electron chi connectivity index (χ2n) is 17.3. The van der Waals surface area contributed by atoms with Crippen LogP contribution >= 0.6 is 0 Å². The second-order valence-corrected chi connectivity index (χ2v) is 17.3. The summed E-state index contributed by atoms with van der Waals surface area (Å²) in [7, 11) is 0. The van der Waals surface area contributed by atoms with Crippen molar-refractivity contribution in [1.29, 1.82) is 0 Å². The fraction of sp³-hybridized carbons (Fsp3) is 1.00. The molecule has 1 heteroatoms. The summed E-state index contributed by atoms with van der Waals surface area (Å²) >= 11 is 0. The molecule has 0 aliphatic heterocycles. The molecule has 0 rings (SSSR count). The Morgan fingerprint density at radius 3 is 0.420 bits per heavy atom. The van der Waals surface area contributed by atoms with Gasteiger partial charge in [-0.15, -0.1) is 0 Å². The highest BCUT2D eigenvalue weighted by Gasteiger charge is 2.25. The molecule has 0 amide bonds. The van der Waals surface area contributed by atoms with Crippen molar-refractivity contribution in [2.24, 2.45) is 0 Å². The van der Waals surface area contributed by atoms with Crippen molar-refractivity contribution < 1.29 is 4.48 Å². The topological polar surface area (TPSA) is 0 Å². The number of nitrogens with zero attached hydrogens (tertiary/aromatic N) is 1. The second kappa shape index (κ2) is 43.4. The molecule has 1 nitrogen and oxygen atoms in total. The first-order valence-corrected chi connectivity index (χ1v) is 24.6. The van der Waals surface area contributed by atoms with Gasteiger partial charge in [-0.05, 0) is 51.4 Å². The average Bonchev–Trinajstić information content (AvgIpc) is 3.13. The summed E-state index contributed by atoms with van der Waals surface area (Å²) in [5.74, 6) is 0. The molecule has 0 aliphatic rings. The molecule has 0 unspecified atom stereocenters. The first kappa shape index (κ1) is 50.0. The fourth-order valence-electron chi connectivity index (χ4n) is 8.59. The van der Waals surface area contributed by atoms with E-state index in [9.17, 15) is 0 Å². The van der Waals surface area contributed by atoms with Gasteiger partial charge in [-0.2, -0.15) is 0 Å². The van der Waals surface area contributed by atoms with Crippen molar-refractivity contribution >= 4 is 0 Å². The van der Waals surface area contributed by atoms with Crippen LogP contribution in [0.1, 0.15) is 291 Å². The van der Waals surface area contributed by atoms with Gasteiger partial charge >= 0.3 is 0 Å². The molecule has 0 aliphatic carbocycles. The van der Waals surface area contributed by atoms with Gasteiger partial charge in [0.05, 0.1) is 26.2 Å². The van der Waals surface area contributed by atoms with Gasteiger partial charge in [0.1, 0.15) is 0 Å². The molecule has 0 fully saturated rings. The molecule has 0 heterocycles. The van der Waals surface area contributed by atoms with E-state index in [1.54, 1.807) is 0 Å². The van der Waals surface area contributed by atoms with Crippen LogP contribution in [-0.4, -0.2) is 30.7 Å². The zero-order valence-electron chi connectivity index (χ0n) is 36.3. The maximum absolute atomic E-state index is 2.34. The Bertz CT molecular complexity index is 529. The molecule has 0 saturated heterocycles. The molecular formula is C49H102N+. The monoisotopic (exact) mass is 705 g/mol. The van der Waals surface area contributed by atoms with Gasteiger partial charge < -0.3 is 4.48 Å². The highest BCUT2D eigenvalue weighted by Crippen LogP contribution is 2.22. The minimum absolute atomic E-state index is 1.37. The van der Waals surface area contributed by atoms with E-state index in [-0.39, 0.29) is 0 Å². The SMILES string of the molecule is CCCCCCCCCCCCCCCC[N+](CCCCCCCCCCC)(CCCCCCCCCCC)CCCCCCCCCCC. The molecule has 302 valence electrons. The summed E-state index contributed by atoms with van der Waals surface area (Å²) in [4.78, 5) is 0. The normalized spacial score (nSPS) is 12.0. The van der Waals surface area contributed by atoms with Crippen LogP contribution in [-0.2, 0) is 0 Å². The summed E-state index contributed by atoms with van der Waals surface area (Å²) in [5, 5.41) is 0. The van der Waals surface area contributed by atoms with Crippen LogP contribution in [0.25, 0.3) is 0 Å². The Kier molecular flexibility index (Phi) is 43.3. The summed E-state index contributed by atoms with van der Waals surface area (Å²) in [6.45, 7) is 15.3. The van der Waals surface area contributed by atoms with Crippen molar-refractivity contribution in [2.45, 2.75) is 291 Å². The zero-order chi connectivity index (χ0) is 36.3. The van der Waals surface area contributed by atoms with Crippen LogP contribution in [0.3, 0.4) is 0 Å². The van der Waals surface area contributed by atoms with Gasteiger partial charge in [-0.1, -0.05) is 240 Å². The minimum atomic E-state index is 1.37. The maximum atomic E-state index is 2.34. The maximum Gasteiger partial charge on any atom is 0.0786 e. The Morgan fingerprint density at radius 2 is 0.280 bits per heavy atom. The lowest BCUT2D eigenvalue weighted by Gasteiger charge is -2.40. The lowest BCUT2D eigenvalue weighted by Crippen LogP contribution is -2.50. The minimum Gasteiger partial charge on any atom is -0.324 e. The summed E-state index contributed by atoms with van der Waals surface area (Å²) in [6.07, 6.45) is 60.2. The summed E-state index contributed by atoms with van der Waals surface area (Å²) < 4.78 is 1.49. The summed E-state index contributed by atoms with van der Waals surface area (Å²) in [5.41, 5.74) is 0. The largest absolute Gasteiger partial charge is 0.324 e. The first-order chi connectivity index (χ1) is 24.7. The lowest BCUT2D eigenvalue weighted by atomic mass is 10.0. The van der Waals surface area contributed by atoms with Crippen molar-refractivity contribution in [1.82, 2.24) is 0 Å². The van der Waals surface area contributed by atoms with Crippen molar-refractivity contribution in [3.05, 3.63) is 0 Å². The highest BCUT2D eigenvalue weighted by molar-refractivity contribution is 4.56. The van der Waals surface area contributed by atoms with Gasteiger partial charge in [0.25, 0.3) is 0 Å². The molecule has 0 saturated carbocycles. The van der Waals surface area contributed by atoms with Gasteiger partial charge in [0, 0.05) is 0 Å². The molecule has 0 N–H and O–H groups in total. The lowest BCUT2D eigenvalue weighted by molar-refractivity contribution is -0.929. The van der Waals surface area contributed by atoms with E-state index in [1.165, 1.54) is 294 Å². The quantitative estimate of drug-likeness (QED) is 0.0437. The zero-order valence-corrected chi connectivity index (χ0v) is 36.3. The van der Waals surface area contributed by atoms with Crippen LogP contribution in [0.2, 0.25) is 0 Å². The molecule has 0 aromatic heterocycles. The molecule has 0 aromatic rings. The highest BCUT2D eigenvalue weighted by atomic mass is 15.3. The molecule has 0 radical (unpaired) electrons. The average molecular weight is 705 g/mol. The molecular weight excluding hydrogens is 603 g/mol.